The van der Waals surface area contributed by atoms with E-state index in [1.807, 2.05) is 0 Å². The minimum Gasteiger partial charge on any atom is -0.481 e. The second-order valence-corrected chi connectivity index (χ2v) is 3.74. The Hall–Kier alpha value is -2.16. The van der Waals surface area contributed by atoms with E-state index in [4.69, 9.17) is 20.4 Å². The van der Waals surface area contributed by atoms with E-state index in [2.05, 4.69) is 5.32 Å². The molecule has 102 valence electrons. The molecule has 0 heterocycles. The molecular formula is C9H13NO8. The zero-order chi connectivity index (χ0) is 14.3. The molecule has 0 saturated carbocycles. The van der Waals surface area contributed by atoms with Gasteiger partial charge in [-0.15, -0.1) is 0 Å². The number of hydrogen-bond acceptors (Lipinski definition) is 5. The summed E-state index contributed by atoms with van der Waals surface area (Å²) >= 11 is 0. The van der Waals surface area contributed by atoms with E-state index in [1.165, 1.54) is 0 Å². The number of carbonyl (C=O) groups is 4. The molecule has 18 heavy (non-hydrogen) atoms. The van der Waals surface area contributed by atoms with Gasteiger partial charge in [0.25, 0.3) is 0 Å². The molecule has 0 atom stereocenters. The Kier molecular flexibility index (Phi) is 5.76. The van der Waals surface area contributed by atoms with Gasteiger partial charge < -0.3 is 20.4 Å². The molecule has 0 aromatic carbocycles. The highest BCUT2D eigenvalue weighted by atomic mass is 16.4. The van der Waals surface area contributed by atoms with Crippen molar-refractivity contribution in [2.45, 2.75) is 24.8 Å². The lowest BCUT2D eigenvalue weighted by Gasteiger charge is -2.30. The van der Waals surface area contributed by atoms with Crippen molar-refractivity contribution in [3.63, 3.8) is 0 Å². The van der Waals surface area contributed by atoms with Crippen LogP contribution in [0, 0.1) is 0 Å². The summed E-state index contributed by atoms with van der Waals surface area (Å²) < 4.78 is 0. The van der Waals surface area contributed by atoms with Gasteiger partial charge in [0.2, 0.25) is 0 Å². The van der Waals surface area contributed by atoms with Crippen molar-refractivity contribution in [3.05, 3.63) is 0 Å². The fraction of sp³-hybridized carbons (Fsp3) is 0.556. The number of hydrogen-bond donors (Lipinski definition) is 5. The lowest BCUT2D eigenvalue weighted by atomic mass is 9.87. The molecule has 0 amide bonds. The van der Waals surface area contributed by atoms with Crippen LogP contribution in [0.25, 0.3) is 0 Å². The van der Waals surface area contributed by atoms with E-state index in [-0.39, 0.29) is 0 Å². The van der Waals surface area contributed by atoms with Gasteiger partial charge in [0.1, 0.15) is 0 Å². The third-order valence-corrected chi connectivity index (χ3v) is 2.08. The lowest BCUT2D eigenvalue weighted by molar-refractivity contribution is -0.147. The summed E-state index contributed by atoms with van der Waals surface area (Å²) in [5, 5.41) is 36.7. The molecule has 0 unspecified atom stereocenters. The van der Waals surface area contributed by atoms with Crippen LogP contribution in [0.4, 0.5) is 0 Å². The first-order chi connectivity index (χ1) is 8.17. The van der Waals surface area contributed by atoms with Crippen molar-refractivity contribution >= 4 is 23.9 Å². The molecule has 0 aliphatic rings. The summed E-state index contributed by atoms with van der Waals surface area (Å²) in [5.41, 5.74) is -1.83. The Morgan fingerprint density at radius 1 is 0.722 bits per heavy atom. The Morgan fingerprint density at radius 2 is 1.06 bits per heavy atom. The van der Waals surface area contributed by atoms with Crippen molar-refractivity contribution in [3.8, 4) is 0 Å². The Balaban J connectivity index is 5.08. The molecule has 0 spiro atoms. The number of rotatable bonds is 9. The molecule has 0 aliphatic heterocycles. The molecular weight excluding hydrogens is 250 g/mol. The van der Waals surface area contributed by atoms with Gasteiger partial charge in [0.05, 0.1) is 31.3 Å². The summed E-state index contributed by atoms with van der Waals surface area (Å²) in [6.07, 6.45) is -2.42. The van der Waals surface area contributed by atoms with Crippen LogP contribution in [0.3, 0.4) is 0 Å². The molecule has 0 fully saturated rings. The van der Waals surface area contributed by atoms with E-state index < -0.39 is 55.2 Å². The quantitative estimate of drug-likeness (QED) is 0.344. The number of carboxylic acid groups (broad SMARTS) is 4. The maximum atomic E-state index is 10.6. The highest BCUT2D eigenvalue weighted by Gasteiger charge is 2.37. The summed E-state index contributed by atoms with van der Waals surface area (Å²) in [6.45, 7) is -0.728. The zero-order valence-electron chi connectivity index (χ0n) is 9.25. The first-order valence-corrected chi connectivity index (χ1v) is 4.79. The lowest BCUT2D eigenvalue weighted by Crippen LogP contribution is -2.51. The van der Waals surface area contributed by atoms with Crippen LogP contribution in [-0.4, -0.2) is 56.4 Å². The van der Waals surface area contributed by atoms with Gasteiger partial charge in [0, 0.05) is 0 Å². The molecule has 0 rings (SSSR count). The molecule has 0 aromatic rings. The topological polar surface area (TPSA) is 161 Å². The maximum absolute atomic E-state index is 10.6. The van der Waals surface area contributed by atoms with Crippen LogP contribution in [-0.2, 0) is 19.2 Å². The molecule has 0 saturated heterocycles. The highest BCUT2D eigenvalue weighted by molar-refractivity contribution is 5.78. The second kappa shape index (κ2) is 6.55. The summed E-state index contributed by atoms with van der Waals surface area (Å²) in [7, 11) is 0. The highest BCUT2D eigenvalue weighted by Crippen LogP contribution is 2.20. The predicted octanol–water partition coefficient (Wildman–Crippen LogP) is -1.18. The smallest absolute Gasteiger partial charge is 0.317 e. The second-order valence-electron chi connectivity index (χ2n) is 3.74. The molecule has 0 bridgehead atoms. The van der Waals surface area contributed by atoms with Crippen molar-refractivity contribution in [1.29, 1.82) is 0 Å². The number of aliphatic carboxylic acids is 4. The van der Waals surface area contributed by atoms with E-state index in [9.17, 15) is 19.2 Å². The van der Waals surface area contributed by atoms with Gasteiger partial charge in [-0.05, 0) is 0 Å². The van der Waals surface area contributed by atoms with Crippen molar-refractivity contribution in [2.24, 2.45) is 0 Å². The van der Waals surface area contributed by atoms with Crippen LogP contribution in [0.15, 0.2) is 0 Å². The molecule has 5 N–H and O–H groups in total. The average Bonchev–Trinajstić information content (AvgIpc) is 2.11. The van der Waals surface area contributed by atoms with Crippen molar-refractivity contribution in [2.75, 3.05) is 6.54 Å². The first-order valence-electron chi connectivity index (χ1n) is 4.79. The van der Waals surface area contributed by atoms with Crippen LogP contribution < -0.4 is 5.32 Å². The van der Waals surface area contributed by atoms with Gasteiger partial charge in [0.15, 0.2) is 0 Å². The van der Waals surface area contributed by atoms with E-state index in [0.29, 0.717) is 0 Å². The van der Waals surface area contributed by atoms with Crippen LogP contribution >= 0.6 is 0 Å². The van der Waals surface area contributed by atoms with E-state index in [0.717, 1.165) is 0 Å². The van der Waals surface area contributed by atoms with Gasteiger partial charge in [-0.3, -0.25) is 24.5 Å². The third-order valence-electron chi connectivity index (χ3n) is 2.08. The van der Waals surface area contributed by atoms with Gasteiger partial charge in [-0.1, -0.05) is 0 Å². The van der Waals surface area contributed by atoms with Gasteiger partial charge in [-0.25, -0.2) is 0 Å². The fourth-order valence-corrected chi connectivity index (χ4v) is 1.51. The minimum atomic E-state index is -1.83. The minimum absolute atomic E-state index is 0.728. The zero-order valence-corrected chi connectivity index (χ0v) is 9.25. The summed E-state index contributed by atoms with van der Waals surface area (Å²) in [6, 6.07) is 0. The van der Waals surface area contributed by atoms with E-state index in [1.54, 1.807) is 0 Å². The monoisotopic (exact) mass is 263 g/mol. The average molecular weight is 263 g/mol. The summed E-state index contributed by atoms with van der Waals surface area (Å²) in [5.74, 6) is -5.61. The number of nitrogens with one attached hydrogen (secondary N) is 1. The Labute approximate surface area is 101 Å². The van der Waals surface area contributed by atoms with E-state index >= 15 is 0 Å². The third kappa shape index (κ3) is 6.43. The molecule has 9 heteroatoms. The molecule has 9 nitrogen and oxygen atoms in total. The fourth-order valence-electron chi connectivity index (χ4n) is 1.51. The Bertz CT molecular complexity index is 323. The van der Waals surface area contributed by atoms with Crippen molar-refractivity contribution < 1.29 is 39.6 Å². The van der Waals surface area contributed by atoms with Crippen LogP contribution in [0.5, 0.6) is 0 Å². The predicted molar refractivity (Wildman–Crippen MR) is 55.1 cm³/mol. The van der Waals surface area contributed by atoms with Gasteiger partial charge in [-0.2, -0.15) is 0 Å². The summed E-state index contributed by atoms with van der Waals surface area (Å²) in [4.78, 5) is 42.3. The largest absolute Gasteiger partial charge is 0.481 e. The molecule has 0 aromatic heterocycles. The van der Waals surface area contributed by atoms with Crippen molar-refractivity contribution in [1.82, 2.24) is 5.32 Å². The van der Waals surface area contributed by atoms with Crippen LogP contribution in [0.1, 0.15) is 19.3 Å². The standard InChI is InChI=1S/C9H13NO8/c11-5(12)1-9(2-6(13)14,3-7(15)16)10-4-8(17)18/h10H,1-4H2,(H,11,12)(H,13,14)(H,15,16)(H,17,18). The molecule has 0 radical (unpaired) electrons. The number of carboxylic acids is 4. The van der Waals surface area contributed by atoms with Gasteiger partial charge >= 0.3 is 23.9 Å². The maximum Gasteiger partial charge on any atom is 0.317 e. The SMILES string of the molecule is O=C(O)CNC(CC(=O)O)(CC(=O)O)CC(=O)O. The normalized spacial score (nSPS) is 10.9. The first kappa shape index (κ1) is 15.8. The Morgan fingerprint density at radius 3 is 1.28 bits per heavy atom. The molecule has 0 aliphatic carbocycles. The van der Waals surface area contributed by atoms with Crippen LogP contribution in [0.2, 0.25) is 0 Å².